The molecule has 5 nitrogen and oxygen atoms in total. The van der Waals surface area contributed by atoms with Gasteiger partial charge >= 0.3 is 0 Å². The van der Waals surface area contributed by atoms with E-state index in [1.54, 1.807) is 24.1 Å². The molecule has 0 spiro atoms. The van der Waals surface area contributed by atoms with Gasteiger partial charge in [0.15, 0.2) is 0 Å². The molecule has 1 aromatic carbocycles. The third-order valence-corrected chi connectivity index (χ3v) is 3.60. The van der Waals surface area contributed by atoms with Crippen LogP contribution in [0.25, 0.3) is 0 Å². The van der Waals surface area contributed by atoms with Crippen molar-refractivity contribution < 1.29 is 4.79 Å². The summed E-state index contributed by atoms with van der Waals surface area (Å²) in [5.74, 6) is -0.133. The molecule has 1 aliphatic heterocycles. The highest BCUT2D eigenvalue weighted by Gasteiger charge is 2.18. The van der Waals surface area contributed by atoms with Crippen molar-refractivity contribution in [1.82, 2.24) is 9.78 Å². The van der Waals surface area contributed by atoms with Gasteiger partial charge in [0.25, 0.3) is 5.91 Å². The SMILES string of the molecule is CC1CCc2cccc(NC(=O)c3cnn(C)c3)c2N1. The van der Waals surface area contributed by atoms with E-state index in [9.17, 15) is 4.79 Å². The Labute approximate surface area is 118 Å². The minimum atomic E-state index is -0.133. The van der Waals surface area contributed by atoms with Gasteiger partial charge in [-0.2, -0.15) is 5.10 Å². The highest BCUT2D eigenvalue weighted by Crippen LogP contribution is 2.32. The molecule has 2 aromatic rings. The molecule has 1 atom stereocenters. The molecule has 0 saturated carbocycles. The van der Waals surface area contributed by atoms with Crippen molar-refractivity contribution in [3.8, 4) is 0 Å². The second kappa shape index (κ2) is 5.00. The zero-order valence-electron chi connectivity index (χ0n) is 11.7. The van der Waals surface area contributed by atoms with Crippen molar-refractivity contribution in [1.29, 1.82) is 0 Å². The maximum Gasteiger partial charge on any atom is 0.258 e. The lowest BCUT2D eigenvalue weighted by Crippen LogP contribution is -2.24. The molecule has 0 fully saturated rings. The first kappa shape index (κ1) is 12.7. The van der Waals surface area contributed by atoms with E-state index in [0.29, 0.717) is 11.6 Å². The van der Waals surface area contributed by atoms with Crippen LogP contribution >= 0.6 is 0 Å². The number of nitrogens with one attached hydrogen (secondary N) is 2. The number of aromatic nitrogens is 2. The summed E-state index contributed by atoms with van der Waals surface area (Å²) in [5.41, 5.74) is 3.70. The number of nitrogens with zero attached hydrogens (tertiary/aromatic N) is 2. The molecule has 1 aromatic heterocycles. The van der Waals surface area contributed by atoms with Crippen LogP contribution in [0, 0.1) is 0 Å². The molecule has 1 amide bonds. The number of rotatable bonds is 2. The van der Waals surface area contributed by atoms with Gasteiger partial charge in [-0.3, -0.25) is 9.48 Å². The van der Waals surface area contributed by atoms with Gasteiger partial charge in [0.05, 0.1) is 23.1 Å². The van der Waals surface area contributed by atoms with Crippen molar-refractivity contribution >= 4 is 17.3 Å². The topological polar surface area (TPSA) is 59.0 Å². The van der Waals surface area contributed by atoms with Crippen LogP contribution in [0.15, 0.2) is 30.6 Å². The number of carbonyl (C=O) groups is 1. The van der Waals surface area contributed by atoms with Crippen LogP contribution in [0.2, 0.25) is 0 Å². The maximum absolute atomic E-state index is 12.2. The molecule has 0 radical (unpaired) electrons. The Bertz CT molecular complexity index is 647. The molecular formula is C15H18N4O. The van der Waals surface area contributed by atoms with Crippen molar-refractivity contribution in [2.24, 2.45) is 7.05 Å². The zero-order valence-corrected chi connectivity index (χ0v) is 11.7. The summed E-state index contributed by atoms with van der Waals surface area (Å²) < 4.78 is 1.62. The van der Waals surface area contributed by atoms with Crippen LogP contribution in [0.4, 0.5) is 11.4 Å². The van der Waals surface area contributed by atoms with E-state index in [-0.39, 0.29) is 5.91 Å². The number of para-hydroxylation sites is 1. The predicted molar refractivity (Wildman–Crippen MR) is 79.0 cm³/mol. The molecule has 1 aliphatic rings. The molecule has 1 unspecified atom stereocenters. The number of benzene rings is 1. The number of carbonyl (C=O) groups excluding carboxylic acids is 1. The summed E-state index contributed by atoms with van der Waals surface area (Å²) >= 11 is 0. The van der Waals surface area contributed by atoms with E-state index in [4.69, 9.17) is 0 Å². The molecule has 0 aliphatic carbocycles. The number of hydrogen-bond acceptors (Lipinski definition) is 3. The van der Waals surface area contributed by atoms with E-state index >= 15 is 0 Å². The number of fused-ring (bicyclic) bond motifs is 1. The predicted octanol–water partition coefficient (Wildman–Crippen LogP) is 2.42. The van der Waals surface area contributed by atoms with Gasteiger partial charge in [-0.15, -0.1) is 0 Å². The molecule has 5 heteroatoms. The van der Waals surface area contributed by atoms with Crippen molar-refractivity contribution in [3.63, 3.8) is 0 Å². The second-order valence-corrected chi connectivity index (χ2v) is 5.28. The van der Waals surface area contributed by atoms with Crippen LogP contribution in [-0.2, 0) is 13.5 Å². The maximum atomic E-state index is 12.2. The van der Waals surface area contributed by atoms with Crippen LogP contribution in [0.5, 0.6) is 0 Å². The summed E-state index contributed by atoms with van der Waals surface area (Å²) in [6, 6.07) is 6.44. The fourth-order valence-electron chi connectivity index (χ4n) is 2.51. The van der Waals surface area contributed by atoms with Crippen molar-refractivity contribution in [2.45, 2.75) is 25.8 Å². The van der Waals surface area contributed by atoms with Crippen molar-refractivity contribution in [2.75, 3.05) is 10.6 Å². The minimum Gasteiger partial charge on any atom is -0.381 e. The van der Waals surface area contributed by atoms with Gasteiger partial charge in [0.2, 0.25) is 0 Å². The summed E-state index contributed by atoms with van der Waals surface area (Å²) in [7, 11) is 1.80. The fraction of sp³-hybridized carbons (Fsp3) is 0.333. The average molecular weight is 270 g/mol. The summed E-state index contributed by atoms with van der Waals surface area (Å²) in [6.07, 6.45) is 5.44. The normalized spacial score (nSPS) is 17.2. The van der Waals surface area contributed by atoms with Gasteiger partial charge in [0, 0.05) is 19.3 Å². The Kier molecular flexibility index (Phi) is 3.18. The average Bonchev–Trinajstić information content (AvgIpc) is 2.86. The van der Waals surface area contributed by atoms with Crippen LogP contribution in [0.1, 0.15) is 29.3 Å². The van der Waals surface area contributed by atoms with E-state index in [2.05, 4.69) is 28.7 Å². The lowest BCUT2D eigenvalue weighted by Gasteiger charge is -2.26. The zero-order chi connectivity index (χ0) is 14.1. The van der Waals surface area contributed by atoms with Crippen LogP contribution in [-0.4, -0.2) is 21.7 Å². The Hall–Kier alpha value is -2.30. The van der Waals surface area contributed by atoms with E-state index in [1.165, 1.54) is 5.56 Å². The number of aryl methyl sites for hydroxylation is 2. The smallest absolute Gasteiger partial charge is 0.258 e. The quantitative estimate of drug-likeness (QED) is 0.881. The van der Waals surface area contributed by atoms with E-state index < -0.39 is 0 Å². The second-order valence-electron chi connectivity index (χ2n) is 5.28. The van der Waals surface area contributed by atoms with Gasteiger partial charge in [-0.05, 0) is 31.4 Å². The van der Waals surface area contributed by atoms with Gasteiger partial charge in [-0.25, -0.2) is 0 Å². The fourth-order valence-corrected chi connectivity index (χ4v) is 2.51. The van der Waals surface area contributed by atoms with E-state index in [1.807, 2.05) is 12.1 Å². The number of amides is 1. The highest BCUT2D eigenvalue weighted by atomic mass is 16.1. The summed E-state index contributed by atoms with van der Waals surface area (Å²) in [4.78, 5) is 12.2. The Morgan fingerprint density at radius 2 is 2.35 bits per heavy atom. The first-order valence-corrected chi connectivity index (χ1v) is 6.82. The van der Waals surface area contributed by atoms with Crippen LogP contribution in [0.3, 0.4) is 0 Å². The first-order valence-electron chi connectivity index (χ1n) is 6.82. The Balaban J connectivity index is 1.86. The van der Waals surface area contributed by atoms with Gasteiger partial charge in [0.1, 0.15) is 0 Å². The summed E-state index contributed by atoms with van der Waals surface area (Å²) in [5, 5.41) is 10.4. The lowest BCUT2D eigenvalue weighted by atomic mass is 9.98. The molecule has 2 heterocycles. The summed E-state index contributed by atoms with van der Waals surface area (Å²) in [6.45, 7) is 2.16. The van der Waals surface area contributed by atoms with Crippen molar-refractivity contribution in [3.05, 3.63) is 41.7 Å². The third-order valence-electron chi connectivity index (χ3n) is 3.60. The molecule has 3 rings (SSSR count). The molecular weight excluding hydrogens is 252 g/mol. The monoisotopic (exact) mass is 270 g/mol. The lowest BCUT2D eigenvalue weighted by molar-refractivity contribution is 0.102. The molecule has 0 saturated heterocycles. The first-order chi connectivity index (χ1) is 9.63. The molecule has 104 valence electrons. The largest absolute Gasteiger partial charge is 0.381 e. The van der Waals surface area contributed by atoms with Gasteiger partial charge < -0.3 is 10.6 Å². The highest BCUT2D eigenvalue weighted by molar-refractivity contribution is 6.05. The third kappa shape index (κ3) is 2.39. The minimum absolute atomic E-state index is 0.133. The van der Waals surface area contributed by atoms with Gasteiger partial charge in [-0.1, -0.05) is 12.1 Å². The Morgan fingerprint density at radius 3 is 3.10 bits per heavy atom. The van der Waals surface area contributed by atoms with Crippen LogP contribution < -0.4 is 10.6 Å². The molecule has 20 heavy (non-hydrogen) atoms. The molecule has 2 N–H and O–H groups in total. The number of hydrogen-bond donors (Lipinski definition) is 2. The standard InChI is InChI=1S/C15H18N4O/c1-10-6-7-11-4-3-5-13(14(11)17-10)18-15(20)12-8-16-19(2)9-12/h3-5,8-10,17H,6-7H2,1-2H3,(H,18,20). The van der Waals surface area contributed by atoms with E-state index in [0.717, 1.165) is 24.2 Å². The Morgan fingerprint density at radius 1 is 1.50 bits per heavy atom. The molecule has 0 bridgehead atoms. The number of anilines is 2.